The van der Waals surface area contributed by atoms with Gasteiger partial charge in [-0.15, -0.1) is 0 Å². The van der Waals surface area contributed by atoms with E-state index in [-0.39, 0.29) is 25.0 Å². The van der Waals surface area contributed by atoms with Crippen LogP contribution in [-0.4, -0.2) is 66.8 Å². The Morgan fingerprint density at radius 2 is 2.05 bits per heavy atom. The van der Waals surface area contributed by atoms with E-state index in [1.807, 2.05) is 13.8 Å². The summed E-state index contributed by atoms with van der Waals surface area (Å²) < 4.78 is 5.20. The van der Waals surface area contributed by atoms with Gasteiger partial charge >= 0.3 is 12.0 Å². The molecule has 120 valence electrons. The summed E-state index contributed by atoms with van der Waals surface area (Å²) in [5.41, 5.74) is 0. The highest BCUT2D eigenvalue weighted by atomic mass is 16.5. The van der Waals surface area contributed by atoms with Gasteiger partial charge in [0.05, 0.1) is 13.2 Å². The number of ether oxygens (including phenoxy) is 1. The molecule has 0 saturated carbocycles. The second kappa shape index (κ2) is 7.82. The van der Waals surface area contributed by atoms with E-state index in [4.69, 9.17) is 9.84 Å². The third-order valence-corrected chi connectivity index (χ3v) is 3.24. The van der Waals surface area contributed by atoms with Gasteiger partial charge in [-0.3, -0.25) is 4.79 Å². The van der Waals surface area contributed by atoms with Crippen molar-refractivity contribution in [3.8, 4) is 0 Å². The molecule has 1 saturated heterocycles. The van der Waals surface area contributed by atoms with Crippen molar-refractivity contribution in [1.29, 1.82) is 0 Å². The van der Waals surface area contributed by atoms with Gasteiger partial charge in [0.25, 0.3) is 0 Å². The van der Waals surface area contributed by atoms with Gasteiger partial charge in [-0.2, -0.15) is 0 Å². The predicted molar refractivity (Wildman–Crippen MR) is 74.8 cm³/mol. The van der Waals surface area contributed by atoms with Crippen molar-refractivity contribution in [2.24, 2.45) is 5.92 Å². The summed E-state index contributed by atoms with van der Waals surface area (Å²) in [6.07, 6.45) is 0.329. The minimum absolute atomic E-state index is 0.106. The number of carbonyl (C=O) groups excluding carboxylic acids is 2. The molecule has 1 rings (SSSR count). The fraction of sp³-hybridized carbons (Fsp3) is 0.769. The van der Waals surface area contributed by atoms with Crippen LogP contribution in [0.25, 0.3) is 0 Å². The van der Waals surface area contributed by atoms with Crippen LogP contribution in [0.3, 0.4) is 0 Å². The number of morpholine rings is 1. The number of urea groups is 1. The minimum atomic E-state index is -1.08. The SMILES string of the molecule is CNC(=O)C1COCCN1C(=O)NC(CC(C)C)C(=O)O. The molecule has 0 aromatic rings. The summed E-state index contributed by atoms with van der Waals surface area (Å²) in [5, 5.41) is 14.1. The Hall–Kier alpha value is -1.83. The molecule has 3 amide bonds. The lowest BCUT2D eigenvalue weighted by Gasteiger charge is -2.35. The number of amides is 3. The van der Waals surface area contributed by atoms with Crippen LogP contribution >= 0.6 is 0 Å². The number of likely N-dealkylation sites (N-methyl/N-ethyl adjacent to an activating group) is 1. The maximum Gasteiger partial charge on any atom is 0.326 e. The first-order chi connectivity index (χ1) is 9.86. The predicted octanol–water partition coefficient (Wildman–Crippen LogP) is -0.358. The van der Waals surface area contributed by atoms with Gasteiger partial charge in [-0.25, -0.2) is 9.59 Å². The molecule has 1 aliphatic heterocycles. The maximum absolute atomic E-state index is 12.2. The zero-order valence-corrected chi connectivity index (χ0v) is 12.6. The summed E-state index contributed by atoms with van der Waals surface area (Å²) in [6, 6.07) is -2.26. The van der Waals surface area contributed by atoms with Crippen molar-refractivity contribution in [3.63, 3.8) is 0 Å². The van der Waals surface area contributed by atoms with E-state index in [0.717, 1.165) is 0 Å². The molecule has 1 heterocycles. The summed E-state index contributed by atoms with van der Waals surface area (Å²) in [6.45, 7) is 4.43. The molecular formula is C13H23N3O5. The van der Waals surface area contributed by atoms with Crippen LogP contribution in [0.2, 0.25) is 0 Å². The smallest absolute Gasteiger partial charge is 0.326 e. The summed E-state index contributed by atoms with van der Waals surface area (Å²) in [5.74, 6) is -1.28. The molecule has 0 radical (unpaired) electrons. The van der Waals surface area contributed by atoms with E-state index in [9.17, 15) is 14.4 Å². The Kier molecular flexibility index (Phi) is 6.41. The van der Waals surface area contributed by atoms with Gasteiger partial charge in [0.2, 0.25) is 5.91 Å². The number of nitrogens with one attached hydrogen (secondary N) is 2. The molecule has 21 heavy (non-hydrogen) atoms. The van der Waals surface area contributed by atoms with Crippen molar-refractivity contribution in [1.82, 2.24) is 15.5 Å². The number of rotatable bonds is 5. The standard InChI is InChI=1S/C13H23N3O5/c1-8(2)6-9(12(18)19)15-13(20)16-4-5-21-7-10(16)11(17)14-3/h8-10H,4-7H2,1-3H3,(H,14,17)(H,15,20)(H,18,19). The average molecular weight is 301 g/mol. The summed E-state index contributed by atoms with van der Waals surface area (Å²) in [4.78, 5) is 36.5. The van der Waals surface area contributed by atoms with Crippen molar-refractivity contribution in [2.75, 3.05) is 26.8 Å². The second-order valence-corrected chi connectivity index (χ2v) is 5.37. The Balaban J connectivity index is 2.74. The van der Waals surface area contributed by atoms with Crippen LogP contribution in [0.15, 0.2) is 0 Å². The molecule has 0 bridgehead atoms. The lowest BCUT2D eigenvalue weighted by atomic mass is 10.0. The van der Waals surface area contributed by atoms with Gasteiger partial charge in [-0.1, -0.05) is 13.8 Å². The van der Waals surface area contributed by atoms with Gasteiger partial charge in [0.15, 0.2) is 0 Å². The van der Waals surface area contributed by atoms with E-state index >= 15 is 0 Å². The first-order valence-corrected chi connectivity index (χ1v) is 6.96. The molecule has 2 atom stereocenters. The Labute approximate surface area is 123 Å². The molecule has 1 aliphatic rings. The number of aliphatic carboxylic acids is 1. The lowest BCUT2D eigenvalue weighted by Crippen LogP contribution is -2.59. The summed E-state index contributed by atoms with van der Waals surface area (Å²) in [7, 11) is 1.48. The highest BCUT2D eigenvalue weighted by Gasteiger charge is 2.34. The molecule has 8 nitrogen and oxygen atoms in total. The van der Waals surface area contributed by atoms with Crippen molar-refractivity contribution in [3.05, 3.63) is 0 Å². The van der Waals surface area contributed by atoms with Crippen LogP contribution in [0.4, 0.5) is 4.79 Å². The molecule has 0 aromatic heterocycles. The number of hydrogen-bond donors (Lipinski definition) is 3. The van der Waals surface area contributed by atoms with Gasteiger partial charge < -0.3 is 25.4 Å². The number of hydrogen-bond acceptors (Lipinski definition) is 4. The van der Waals surface area contributed by atoms with Crippen LogP contribution in [-0.2, 0) is 14.3 Å². The van der Waals surface area contributed by atoms with Crippen LogP contribution < -0.4 is 10.6 Å². The topological polar surface area (TPSA) is 108 Å². The first kappa shape index (κ1) is 17.2. The number of carboxylic acids is 1. The number of carbonyl (C=O) groups is 3. The van der Waals surface area contributed by atoms with E-state index in [1.165, 1.54) is 11.9 Å². The zero-order valence-electron chi connectivity index (χ0n) is 12.6. The fourth-order valence-electron chi connectivity index (χ4n) is 2.16. The molecule has 1 fully saturated rings. The van der Waals surface area contributed by atoms with Crippen molar-refractivity contribution in [2.45, 2.75) is 32.4 Å². The second-order valence-electron chi connectivity index (χ2n) is 5.37. The van der Waals surface area contributed by atoms with Gasteiger partial charge in [0.1, 0.15) is 12.1 Å². The molecule has 0 spiro atoms. The fourth-order valence-corrected chi connectivity index (χ4v) is 2.16. The number of carboxylic acid groups (broad SMARTS) is 1. The van der Waals surface area contributed by atoms with Gasteiger partial charge in [-0.05, 0) is 12.3 Å². The minimum Gasteiger partial charge on any atom is -0.480 e. The average Bonchev–Trinajstić information content (AvgIpc) is 2.45. The lowest BCUT2D eigenvalue weighted by molar-refractivity contribution is -0.139. The number of nitrogens with zero attached hydrogens (tertiary/aromatic N) is 1. The van der Waals surface area contributed by atoms with E-state index in [0.29, 0.717) is 13.0 Å². The quantitative estimate of drug-likeness (QED) is 0.643. The molecule has 8 heteroatoms. The Morgan fingerprint density at radius 3 is 2.57 bits per heavy atom. The van der Waals surface area contributed by atoms with Gasteiger partial charge in [0, 0.05) is 13.6 Å². The third-order valence-electron chi connectivity index (χ3n) is 3.24. The largest absolute Gasteiger partial charge is 0.480 e. The normalized spacial score (nSPS) is 20.0. The van der Waals surface area contributed by atoms with Crippen LogP contribution in [0.5, 0.6) is 0 Å². The third kappa shape index (κ3) is 4.89. The molecule has 0 aromatic carbocycles. The van der Waals surface area contributed by atoms with Crippen LogP contribution in [0, 0.1) is 5.92 Å². The van der Waals surface area contributed by atoms with E-state index in [2.05, 4.69) is 10.6 Å². The van der Waals surface area contributed by atoms with Crippen LogP contribution in [0.1, 0.15) is 20.3 Å². The van der Waals surface area contributed by atoms with E-state index < -0.39 is 24.1 Å². The molecule has 3 N–H and O–H groups in total. The molecule has 2 unspecified atom stereocenters. The zero-order chi connectivity index (χ0) is 16.0. The highest BCUT2D eigenvalue weighted by molar-refractivity contribution is 5.89. The highest BCUT2D eigenvalue weighted by Crippen LogP contribution is 2.10. The first-order valence-electron chi connectivity index (χ1n) is 6.96. The Morgan fingerprint density at radius 1 is 1.38 bits per heavy atom. The van der Waals surface area contributed by atoms with E-state index in [1.54, 1.807) is 0 Å². The maximum atomic E-state index is 12.2. The van der Waals surface area contributed by atoms with Crippen molar-refractivity contribution < 1.29 is 24.2 Å². The monoisotopic (exact) mass is 301 g/mol. The Bertz CT molecular complexity index is 399. The molecule has 0 aliphatic carbocycles. The molecular weight excluding hydrogens is 278 g/mol. The van der Waals surface area contributed by atoms with Crippen molar-refractivity contribution >= 4 is 17.9 Å². The summed E-state index contributed by atoms with van der Waals surface area (Å²) >= 11 is 0.